The second kappa shape index (κ2) is 10.3. The van der Waals surface area contributed by atoms with Crippen LogP contribution in [0.15, 0.2) is 0 Å². The van der Waals surface area contributed by atoms with Gasteiger partial charge in [-0.3, -0.25) is 14.4 Å². The predicted molar refractivity (Wildman–Crippen MR) is 103 cm³/mol. The van der Waals surface area contributed by atoms with Gasteiger partial charge < -0.3 is 20.5 Å². The second-order valence-corrected chi connectivity index (χ2v) is 7.71. The molecule has 0 aromatic rings. The van der Waals surface area contributed by atoms with Crippen LogP contribution in [0.3, 0.4) is 0 Å². The van der Waals surface area contributed by atoms with Crippen LogP contribution in [0, 0.1) is 5.41 Å². The van der Waals surface area contributed by atoms with Crippen molar-refractivity contribution in [1.82, 2.24) is 4.90 Å². The Labute approximate surface area is 169 Å². The lowest BCUT2D eigenvalue weighted by atomic mass is 9.77. The van der Waals surface area contributed by atoms with E-state index in [1.165, 1.54) is 13.8 Å². The summed E-state index contributed by atoms with van der Waals surface area (Å²) in [4.78, 5) is 50.9. The number of rotatable bonds is 10. The molecule has 3 N–H and O–H groups in total. The van der Waals surface area contributed by atoms with Gasteiger partial charge in [0.2, 0.25) is 5.91 Å². The summed E-state index contributed by atoms with van der Waals surface area (Å²) in [7, 11) is 0. The minimum absolute atomic E-state index is 0.0840. The maximum absolute atomic E-state index is 13.2. The van der Waals surface area contributed by atoms with Crippen LogP contribution >= 0.6 is 24.2 Å². The fraction of sp³-hybridized carbons (Fsp3) is 0.765. The van der Waals surface area contributed by atoms with E-state index in [9.17, 15) is 24.3 Å². The van der Waals surface area contributed by atoms with Gasteiger partial charge in [0.1, 0.15) is 16.7 Å². The monoisotopic (exact) mass is 422 g/mol. The Hall–Kier alpha value is -1.32. The van der Waals surface area contributed by atoms with Crippen molar-refractivity contribution in [3.63, 3.8) is 0 Å². The highest BCUT2D eigenvalue weighted by Crippen LogP contribution is 2.34. The van der Waals surface area contributed by atoms with Gasteiger partial charge in [-0.1, -0.05) is 0 Å². The summed E-state index contributed by atoms with van der Waals surface area (Å²) in [6, 6.07) is -2.08. The number of aliphatic carboxylic acids is 1. The van der Waals surface area contributed by atoms with Gasteiger partial charge >= 0.3 is 11.9 Å². The molecule has 8 nitrogen and oxygen atoms in total. The second-order valence-electron chi connectivity index (χ2n) is 6.82. The summed E-state index contributed by atoms with van der Waals surface area (Å²) in [5, 5.41) is 7.93. The average Bonchev–Trinajstić information content (AvgIpc) is 3.12. The molecule has 154 valence electrons. The predicted octanol–water partition coefficient (Wildman–Crippen LogP) is 0.845. The largest absolute Gasteiger partial charge is 0.480 e. The van der Waals surface area contributed by atoms with Crippen LogP contribution in [-0.4, -0.2) is 70.0 Å². The third-order valence-corrected chi connectivity index (χ3v) is 5.71. The molecular weight excluding hydrogens is 396 g/mol. The number of nitrogens with zero attached hydrogens (tertiary/aromatic N) is 1. The molecule has 0 saturated carbocycles. The van der Waals surface area contributed by atoms with Crippen molar-refractivity contribution < 1.29 is 29.0 Å². The first kappa shape index (κ1) is 23.7. The molecule has 1 heterocycles. The number of halogens is 1. The molecule has 4 atom stereocenters. The van der Waals surface area contributed by atoms with E-state index < -0.39 is 46.4 Å². The van der Waals surface area contributed by atoms with Gasteiger partial charge in [0, 0.05) is 12.4 Å². The van der Waals surface area contributed by atoms with Gasteiger partial charge in [-0.05, 0) is 39.5 Å². The zero-order valence-corrected chi connectivity index (χ0v) is 17.2. The number of ether oxygens (including phenoxy) is 1. The third-order valence-electron chi connectivity index (χ3n) is 4.71. The zero-order chi connectivity index (χ0) is 20.8. The molecule has 1 amide bonds. The fourth-order valence-electron chi connectivity index (χ4n) is 3.08. The first-order valence-corrected chi connectivity index (χ1v) is 9.88. The van der Waals surface area contributed by atoms with E-state index >= 15 is 0 Å². The van der Waals surface area contributed by atoms with Crippen LogP contribution in [-0.2, 0) is 23.9 Å². The Morgan fingerprint density at radius 3 is 2.52 bits per heavy atom. The molecule has 1 aliphatic rings. The SMILES string of the molecule is C[C@H](N)C(=O)[C@@](C)(C(=O)N1CCC[C@H]1C(=O)O)C(S)C(=O)OCCCCCl. The number of carbonyl (C=O) groups excluding carboxylic acids is 3. The number of nitrogens with two attached hydrogens (primary N) is 1. The van der Waals surface area contributed by atoms with Crippen LogP contribution < -0.4 is 5.73 Å². The summed E-state index contributed by atoms with van der Waals surface area (Å²) in [5.74, 6) is -3.03. The van der Waals surface area contributed by atoms with E-state index in [0.29, 0.717) is 25.1 Å². The van der Waals surface area contributed by atoms with E-state index in [4.69, 9.17) is 22.1 Å². The number of alkyl halides is 1. The van der Waals surface area contributed by atoms with Crippen molar-refractivity contribution in [1.29, 1.82) is 0 Å². The first-order chi connectivity index (χ1) is 12.6. The highest BCUT2D eigenvalue weighted by Gasteiger charge is 2.54. The quantitative estimate of drug-likeness (QED) is 0.156. The number of unbranched alkanes of at least 4 members (excludes halogenated alkanes) is 1. The third kappa shape index (κ3) is 5.36. The molecule has 0 radical (unpaired) electrons. The van der Waals surface area contributed by atoms with Gasteiger partial charge in [0.25, 0.3) is 0 Å². The highest BCUT2D eigenvalue weighted by atomic mass is 35.5. The highest BCUT2D eigenvalue weighted by molar-refractivity contribution is 7.82. The molecule has 0 aromatic heterocycles. The maximum atomic E-state index is 13.2. The molecule has 0 aliphatic carbocycles. The minimum Gasteiger partial charge on any atom is -0.480 e. The number of hydrogen-bond donors (Lipinski definition) is 3. The lowest BCUT2D eigenvalue weighted by Crippen LogP contribution is -2.59. The fourth-order valence-corrected chi connectivity index (χ4v) is 3.58. The van der Waals surface area contributed by atoms with Gasteiger partial charge in [-0.25, -0.2) is 4.79 Å². The van der Waals surface area contributed by atoms with Gasteiger partial charge in [-0.2, -0.15) is 12.6 Å². The number of carboxylic acid groups (broad SMARTS) is 1. The summed E-state index contributed by atoms with van der Waals surface area (Å²) in [5.41, 5.74) is 3.76. The first-order valence-electron chi connectivity index (χ1n) is 8.83. The normalized spacial score (nSPS) is 21.2. The molecule has 1 aliphatic heterocycles. The molecule has 0 bridgehead atoms. The zero-order valence-electron chi connectivity index (χ0n) is 15.5. The van der Waals surface area contributed by atoms with Crippen molar-refractivity contribution in [2.45, 2.75) is 56.9 Å². The minimum atomic E-state index is -1.93. The molecule has 1 rings (SSSR count). The van der Waals surface area contributed by atoms with E-state index in [1.54, 1.807) is 0 Å². The maximum Gasteiger partial charge on any atom is 0.326 e. The van der Waals surface area contributed by atoms with Crippen LogP contribution in [0.1, 0.15) is 39.5 Å². The topological polar surface area (TPSA) is 127 Å². The van der Waals surface area contributed by atoms with Gasteiger partial charge in [0.15, 0.2) is 5.78 Å². The summed E-state index contributed by atoms with van der Waals surface area (Å²) < 4.78 is 5.12. The molecule has 0 aromatic carbocycles. The Morgan fingerprint density at radius 2 is 2.00 bits per heavy atom. The smallest absolute Gasteiger partial charge is 0.326 e. The molecule has 0 spiro atoms. The number of carbonyl (C=O) groups is 4. The number of esters is 1. The molecule has 1 fully saturated rings. The standard InChI is InChI=1S/C17H27ClN2O6S/c1-10(19)12(21)17(2,13(27)15(24)26-9-4-3-7-18)16(25)20-8-5-6-11(20)14(22)23/h10-11,13,27H,3-9,19H2,1-2H3,(H,22,23)/t10-,11-,13?,17+/m0/s1. The number of amides is 1. The van der Waals surface area contributed by atoms with Gasteiger partial charge in [-0.15, -0.1) is 11.6 Å². The number of likely N-dealkylation sites (tertiary alicyclic amines) is 1. The summed E-state index contributed by atoms with van der Waals surface area (Å²) in [6.07, 6.45) is 1.96. The Balaban J connectivity index is 3.10. The van der Waals surface area contributed by atoms with Crippen LogP contribution in [0.25, 0.3) is 0 Å². The van der Waals surface area contributed by atoms with E-state index in [2.05, 4.69) is 12.6 Å². The van der Waals surface area contributed by atoms with E-state index in [0.717, 1.165) is 4.90 Å². The summed E-state index contributed by atoms with van der Waals surface area (Å²) >= 11 is 9.78. The number of hydrogen-bond acceptors (Lipinski definition) is 7. The van der Waals surface area contributed by atoms with Crippen LogP contribution in [0.4, 0.5) is 0 Å². The molecule has 1 saturated heterocycles. The van der Waals surface area contributed by atoms with Crippen molar-refractivity contribution in [3.05, 3.63) is 0 Å². The number of carboxylic acids is 1. The lowest BCUT2D eigenvalue weighted by molar-refractivity contribution is -0.161. The molecular formula is C17H27ClN2O6S. The van der Waals surface area contributed by atoms with Crippen molar-refractivity contribution in [2.75, 3.05) is 19.0 Å². The number of thiol groups is 1. The van der Waals surface area contributed by atoms with Crippen LogP contribution in [0.5, 0.6) is 0 Å². The van der Waals surface area contributed by atoms with Crippen molar-refractivity contribution in [3.8, 4) is 0 Å². The van der Waals surface area contributed by atoms with Crippen molar-refractivity contribution in [2.24, 2.45) is 11.1 Å². The van der Waals surface area contributed by atoms with Crippen LogP contribution in [0.2, 0.25) is 0 Å². The van der Waals surface area contributed by atoms with Gasteiger partial charge in [0.05, 0.1) is 12.6 Å². The molecule has 10 heteroatoms. The molecule has 1 unspecified atom stereocenters. The van der Waals surface area contributed by atoms with Crippen molar-refractivity contribution >= 4 is 47.9 Å². The van der Waals surface area contributed by atoms with E-state index in [-0.39, 0.29) is 19.6 Å². The lowest BCUT2D eigenvalue weighted by Gasteiger charge is -2.36. The Kier molecular flexibility index (Phi) is 9.04. The Morgan fingerprint density at radius 1 is 1.37 bits per heavy atom. The number of ketones is 1. The average molecular weight is 423 g/mol. The summed E-state index contributed by atoms with van der Waals surface area (Å²) in [6.45, 7) is 2.94. The molecule has 27 heavy (non-hydrogen) atoms. The van der Waals surface area contributed by atoms with E-state index in [1.807, 2.05) is 0 Å². The number of Topliss-reactive ketones (excluding diaryl/α,β-unsaturated/α-hetero) is 1. The Bertz CT molecular complexity index is 588.